The van der Waals surface area contributed by atoms with Gasteiger partial charge in [-0.15, -0.1) is 0 Å². The molecule has 0 radical (unpaired) electrons. The fraction of sp³-hybridized carbons (Fsp3) is 0.467. The topological polar surface area (TPSA) is 61.4 Å². The Balaban J connectivity index is 1.80. The summed E-state index contributed by atoms with van der Waals surface area (Å²) >= 11 is 0. The summed E-state index contributed by atoms with van der Waals surface area (Å²) < 4.78 is 26.2. The van der Waals surface area contributed by atoms with E-state index >= 15 is 0 Å². The lowest BCUT2D eigenvalue weighted by Crippen LogP contribution is -2.41. The Morgan fingerprint density at radius 1 is 1.23 bits per heavy atom. The van der Waals surface area contributed by atoms with E-state index in [1.54, 1.807) is 0 Å². The number of anilines is 1. The van der Waals surface area contributed by atoms with Gasteiger partial charge >= 0.3 is 11.8 Å². The SMILES string of the molecule is CN1CCC(CNC(=O)C(=O)Nc2ccc(F)cc2F)CC1. The molecule has 1 aliphatic rings. The third-order valence-electron chi connectivity index (χ3n) is 3.77. The van der Waals surface area contributed by atoms with E-state index in [9.17, 15) is 18.4 Å². The van der Waals surface area contributed by atoms with Crippen LogP contribution >= 0.6 is 0 Å². The van der Waals surface area contributed by atoms with E-state index in [0.29, 0.717) is 18.5 Å². The number of piperidine rings is 1. The molecule has 1 aromatic carbocycles. The highest BCUT2D eigenvalue weighted by molar-refractivity contribution is 6.39. The standard InChI is InChI=1S/C15H19F2N3O2/c1-20-6-4-10(5-7-20)9-18-14(21)15(22)19-13-3-2-11(16)8-12(13)17/h2-3,8,10H,4-7,9H2,1H3,(H,18,21)(H,19,22). The van der Waals surface area contributed by atoms with Gasteiger partial charge < -0.3 is 15.5 Å². The van der Waals surface area contributed by atoms with Crippen LogP contribution in [0.25, 0.3) is 0 Å². The molecule has 0 aromatic heterocycles. The second-order valence-electron chi connectivity index (χ2n) is 5.53. The van der Waals surface area contributed by atoms with Crippen molar-refractivity contribution in [2.75, 3.05) is 32.0 Å². The van der Waals surface area contributed by atoms with Crippen LogP contribution in [0.15, 0.2) is 18.2 Å². The van der Waals surface area contributed by atoms with Gasteiger partial charge in [-0.05, 0) is 51.0 Å². The number of amides is 2. The number of nitrogens with one attached hydrogen (secondary N) is 2. The van der Waals surface area contributed by atoms with E-state index in [1.165, 1.54) is 0 Å². The van der Waals surface area contributed by atoms with Crippen LogP contribution in [0.1, 0.15) is 12.8 Å². The molecule has 1 fully saturated rings. The number of rotatable bonds is 3. The molecule has 120 valence electrons. The van der Waals surface area contributed by atoms with Gasteiger partial charge in [0.15, 0.2) is 0 Å². The first-order valence-electron chi connectivity index (χ1n) is 7.18. The van der Waals surface area contributed by atoms with Crippen LogP contribution in [0.5, 0.6) is 0 Å². The van der Waals surface area contributed by atoms with E-state index in [1.807, 2.05) is 7.05 Å². The van der Waals surface area contributed by atoms with E-state index in [-0.39, 0.29) is 5.69 Å². The third kappa shape index (κ3) is 4.49. The zero-order chi connectivity index (χ0) is 16.1. The quantitative estimate of drug-likeness (QED) is 0.829. The van der Waals surface area contributed by atoms with Crippen molar-refractivity contribution in [3.05, 3.63) is 29.8 Å². The molecule has 0 atom stereocenters. The second kappa shape index (κ2) is 7.31. The first-order chi connectivity index (χ1) is 10.5. The zero-order valence-electron chi connectivity index (χ0n) is 12.4. The van der Waals surface area contributed by atoms with Crippen molar-refractivity contribution in [3.63, 3.8) is 0 Å². The van der Waals surface area contributed by atoms with Crippen molar-refractivity contribution in [3.8, 4) is 0 Å². The molecular formula is C15H19F2N3O2. The van der Waals surface area contributed by atoms with E-state index in [4.69, 9.17) is 0 Å². The van der Waals surface area contributed by atoms with Crippen molar-refractivity contribution in [1.29, 1.82) is 0 Å². The number of nitrogens with zero attached hydrogens (tertiary/aromatic N) is 1. The lowest BCUT2D eigenvalue weighted by Gasteiger charge is -2.28. The van der Waals surface area contributed by atoms with Gasteiger partial charge in [-0.1, -0.05) is 0 Å². The molecule has 0 unspecified atom stereocenters. The lowest BCUT2D eigenvalue weighted by molar-refractivity contribution is -0.136. The van der Waals surface area contributed by atoms with Crippen molar-refractivity contribution >= 4 is 17.5 Å². The molecule has 1 aromatic rings. The molecule has 22 heavy (non-hydrogen) atoms. The highest BCUT2D eigenvalue weighted by Gasteiger charge is 2.20. The molecule has 2 rings (SSSR count). The fourth-order valence-electron chi connectivity index (χ4n) is 2.35. The van der Waals surface area contributed by atoms with E-state index < -0.39 is 23.4 Å². The van der Waals surface area contributed by atoms with Crippen LogP contribution in [0, 0.1) is 17.6 Å². The van der Waals surface area contributed by atoms with Gasteiger partial charge in [0.1, 0.15) is 11.6 Å². The van der Waals surface area contributed by atoms with Crippen LogP contribution in [0.3, 0.4) is 0 Å². The summed E-state index contributed by atoms with van der Waals surface area (Å²) in [7, 11) is 2.04. The predicted molar refractivity (Wildman–Crippen MR) is 78.2 cm³/mol. The minimum absolute atomic E-state index is 0.221. The molecule has 0 bridgehead atoms. The molecule has 0 aliphatic carbocycles. The molecule has 2 amide bonds. The van der Waals surface area contributed by atoms with Gasteiger partial charge in [0.05, 0.1) is 5.69 Å². The maximum Gasteiger partial charge on any atom is 0.313 e. The summed E-state index contributed by atoms with van der Waals surface area (Å²) in [5.41, 5.74) is -0.221. The number of carbonyl (C=O) groups is 2. The zero-order valence-corrected chi connectivity index (χ0v) is 12.4. The number of benzene rings is 1. The third-order valence-corrected chi connectivity index (χ3v) is 3.77. The first-order valence-corrected chi connectivity index (χ1v) is 7.18. The Morgan fingerprint density at radius 3 is 2.55 bits per heavy atom. The molecule has 2 N–H and O–H groups in total. The number of likely N-dealkylation sites (tertiary alicyclic amines) is 1. The maximum atomic E-state index is 13.4. The Kier molecular flexibility index (Phi) is 5.43. The van der Waals surface area contributed by atoms with Crippen molar-refractivity contribution in [2.45, 2.75) is 12.8 Å². The average molecular weight is 311 g/mol. The Hall–Kier alpha value is -2.02. The summed E-state index contributed by atoms with van der Waals surface area (Å²) in [6.45, 7) is 2.35. The van der Waals surface area contributed by atoms with Gasteiger partial charge in [-0.25, -0.2) is 8.78 Å². The van der Waals surface area contributed by atoms with Gasteiger partial charge in [-0.2, -0.15) is 0 Å². The van der Waals surface area contributed by atoms with Gasteiger partial charge in [0.25, 0.3) is 0 Å². The molecule has 7 heteroatoms. The molecule has 5 nitrogen and oxygen atoms in total. The minimum atomic E-state index is -0.960. The van der Waals surface area contributed by atoms with Crippen molar-refractivity contribution < 1.29 is 18.4 Å². The van der Waals surface area contributed by atoms with Crippen molar-refractivity contribution in [1.82, 2.24) is 10.2 Å². The molecule has 0 saturated carbocycles. The predicted octanol–water partition coefficient (Wildman–Crippen LogP) is 1.36. The summed E-state index contributed by atoms with van der Waals surface area (Å²) in [4.78, 5) is 25.6. The number of hydrogen-bond donors (Lipinski definition) is 2. The van der Waals surface area contributed by atoms with Crippen LogP contribution < -0.4 is 10.6 Å². The van der Waals surface area contributed by atoms with E-state index in [2.05, 4.69) is 15.5 Å². The van der Waals surface area contributed by atoms with Crippen LogP contribution in [0.2, 0.25) is 0 Å². The highest BCUT2D eigenvalue weighted by atomic mass is 19.1. The van der Waals surface area contributed by atoms with Gasteiger partial charge in [0.2, 0.25) is 0 Å². The Bertz CT molecular complexity index is 558. The molecule has 1 saturated heterocycles. The molecule has 0 spiro atoms. The van der Waals surface area contributed by atoms with Crippen LogP contribution in [0.4, 0.5) is 14.5 Å². The summed E-state index contributed by atoms with van der Waals surface area (Å²) in [5.74, 6) is -3.10. The number of carbonyl (C=O) groups excluding carboxylic acids is 2. The minimum Gasteiger partial charge on any atom is -0.348 e. The fourth-order valence-corrected chi connectivity index (χ4v) is 2.35. The Morgan fingerprint density at radius 2 is 1.91 bits per heavy atom. The molecular weight excluding hydrogens is 292 g/mol. The lowest BCUT2D eigenvalue weighted by atomic mass is 9.97. The average Bonchev–Trinajstić information content (AvgIpc) is 2.49. The highest BCUT2D eigenvalue weighted by Crippen LogP contribution is 2.16. The normalized spacial score (nSPS) is 16.3. The number of halogens is 2. The monoisotopic (exact) mass is 311 g/mol. The molecule has 1 aliphatic heterocycles. The largest absolute Gasteiger partial charge is 0.348 e. The second-order valence-corrected chi connectivity index (χ2v) is 5.53. The first kappa shape index (κ1) is 16.4. The smallest absolute Gasteiger partial charge is 0.313 e. The van der Waals surface area contributed by atoms with Crippen LogP contribution in [-0.4, -0.2) is 43.4 Å². The summed E-state index contributed by atoms with van der Waals surface area (Å²) in [5, 5.41) is 4.68. The van der Waals surface area contributed by atoms with Gasteiger partial charge in [-0.3, -0.25) is 9.59 Å². The summed E-state index contributed by atoms with van der Waals surface area (Å²) in [6.07, 6.45) is 1.93. The van der Waals surface area contributed by atoms with Crippen LogP contribution in [-0.2, 0) is 9.59 Å². The maximum absolute atomic E-state index is 13.4. The molecule has 1 heterocycles. The van der Waals surface area contributed by atoms with E-state index in [0.717, 1.165) is 38.1 Å². The Labute approximate surface area is 127 Å². The number of hydrogen-bond acceptors (Lipinski definition) is 3. The van der Waals surface area contributed by atoms with Gasteiger partial charge in [0, 0.05) is 12.6 Å². The van der Waals surface area contributed by atoms with Crippen molar-refractivity contribution in [2.24, 2.45) is 5.92 Å². The summed E-state index contributed by atoms with van der Waals surface area (Å²) in [6, 6.07) is 2.73.